The highest BCUT2D eigenvalue weighted by atomic mass is 16.2. The van der Waals surface area contributed by atoms with Gasteiger partial charge in [-0.15, -0.1) is 0 Å². The molecule has 2 aromatic carbocycles. The summed E-state index contributed by atoms with van der Waals surface area (Å²) in [4.78, 5) is 25.2. The highest BCUT2D eigenvalue weighted by Crippen LogP contribution is 2.15. The summed E-state index contributed by atoms with van der Waals surface area (Å²) in [6.07, 6.45) is 1.77. The Morgan fingerprint density at radius 1 is 0.963 bits per heavy atom. The molecule has 0 radical (unpaired) electrons. The summed E-state index contributed by atoms with van der Waals surface area (Å²) >= 11 is 0. The van der Waals surface area contributed by atoms with Crippen molar-refractivity contribution in [3.05, 3.63) is 95.3 Å². The topological polar surface area (TPSA) is 51.1 Å². The van der Waals surface area contributed by atoms with Crippen LogP contribution in [0, 0.1) is 6.92 Å². The van der Waals surface area contributed by atoms with Crippen LogP contribution < -0.4 is 5.32 Å². The van der Waals surface area contributed by atoms with E-state index in [-0.39, 0.29) is 24.2 Å². The predicted molar refractivity (Wildman–Crippen MR) is 107 cm³/mol. The van der Waals surface area contributed by atoms with Crippen molar-refractivity contribution >= 4 is 11.7 Å². The van der Waals surface area contributed by atoms with E-state index in [1.165, 1.54) is 5.56 Å². The van der Waals surface area contributed by atoms with Crippen molar-refractivity contribution in [3.8, 4) is 0 Å². The minimum atomic E-state index is -0.104. The lowest BCUT2D eigenvalue weighted by Crippen LogP contribution is -2.31. The predicted octanol–water partition coefficient (Wildman–Crippen LogP) is 3.95. The van der Waals surface area contributed by atoms with E-state index in [2.05, 4.69) is 24.4 Å². The molecule has 1 N–H and O–H groups in total. The van der Waals surface area contributed by atoms with E-state index in [0.29, 0.717) is 17.8 Å². The highest BCUT2D eigenvalue weighted by molar-refractivity contribution is 6.09. The Morgan fingerprint density at radius 2 is 1.67 bits per heavy atom. The fraction of sp³-hybridized carbons (Fsp3) is 0.217. The van der Waals surface area contributed by atoms with Crippen LogP contribution >= 0.6 is 0 Å². The molecule has 3 rings (SSSR count). The minimum absolute atomic E-state index is 0.0662. The van der Waals surface area contributed by atoms with Crippen LogP contribution in [-0.4, -0.2) is 22.8 Å². The minimum Gasteiger partial charge on any atom is -0.354 e. The van der Waals surface area contributed by atoms with Crippen molar-refractivity contribution in [2.24, 2.45) is 0 Å². The van der Waals surface area contributed by atoms with Crippen molar-refractivity contribution in [1.29, 1.82) is 0 Å². The van der Waals surface area contributed by atoms with Gasteiger partial charge in [-0.25, -0.2) is 0 Å². The molecule has 1 aromatic heterocycles. The van der Waals surface area contributed by atoms with E-state index in [0.717, 1.165) is 5.56 Å². The number of aromatic nitrogens is 1. The van der Waals surface area contributed by atoms with E-state index in [4.69, 9.17) is 0 Å². The second kappa shape index (κ2) is 8.49. The molecule has 1 atom stereocenters. The first-order valence-corrected chi connectivity index (χ1v) is 9.13. The second-order valence-electron chi connectivity index (χ2n) is 6.78. The van der Waals surface area contributed by atoms with Crippen molar-refractivity contribution in [3.63, 3.8) is 0 Å². The monoisotopic (exact) mass is 360 g/mol. The van der Waals surface area contributed by atoms with Gasteiger partial charge in [-0.1, -0.05) is 61.5 Å². The average Bonchev–Trinajstić information content (AvgIpc) is 3.14. The average molecular weight is 360 g/mol. The number of hydrogen-bond acceptors (Lipinski definition) is 2. The SMILES string of the molecule is Cc1ccccc1C(=O)c1cccn1CC(=O)NC[C@H](C)c1ccccc1. The van der Waals surface area contributed by atoms with Gasteiger partial charge in [-0.3, -0.25) is 9.59 Å². The maximum atomic E-state index is 12.8. The lowest BCUT2D eigenvalue weighted by molar-refractivity contribution is -0.121. The summed E-state index contributed by atoms with van der Waals surface area (Å²) in [6.45, 7) is 4.68. The van der Waals surface area contributed by atoms with Gasteiger partial charge in [0, 0.05) is 18.3 Å². The summed E-state index contributed by atoms with van der Waals surface area (Å²) in [6, 6.07) is 21.1. The fourth-order valence-electron chi connectivity index (χ4n) is 3.10. The Morgan fingerprint density at radius 3 is 2.41 bits per heavy atom. The fourth-order valence-corrected chi connectivity index (χ4v) is 3.10. The third-order valence-electron chi connectivity index (χ3n) is 4.74. The molecule has 0 bridgehead atoms. The number of amides is 1. The number of carbonyl (C=O) groups is 2. The molecule has 0 aliphatic heterocycles. The second-order valence-corrected chi connectivity index (χ2v) is 6.78. The molecule has 0 aliphatic carbocycles. The number of nitrogens with zero attached hydrogens (tertiary/aromatic N) is 1. The van der Waals surface area contributed by atoms with Crippen molar-refractivity contribution < 1.29 is 9.59 Å². The maximum Gasteiger partial charge on any atom is 0.239 e. The van der Waals surface area contributed by atoms with Crippen molar-refractivity contribution in [2.75, 3.05) is 6.54 Å². The molecule has 0 spiro atoms. The number of ketones is 1. The molecular weight excluding hydrogens is 336 g/mol. The summed E-state index contributed by atoms with van der Waals surface area (Å²) in [5, 5.41) is 2.97. The number of hydrogen-bond donors (Lipinski definition) is 1. The maximum absolute atomic E-state index is 12.8. The lowest BCUT2D eigenvalue weighted by Gasteiger charge is -2.14. The number of carbonyl (C=O) groups excluding carboxylic acids is 2. The number of rotatable bonds is 7. The van der Waals surface area contributed by atoms with Crippen molar-refractivity contribution in [2.45, 2.75) is 26.3 Å². The molecule has 4 nitrogen and oxygen atoms in total. The first kappa shape index (κ1) is 18.6. The number of aryl methyl sites for hydroxylation is 1. The van der Waals surface area contributed by atoms with Gasteiger partial charge < -0.3 is 9.88 Å². The largest absolute Gasteiger partial charge is 0.354 e. The highest BCUT2D eigenvalue weighted by Gasteiger charge is 2.16. The molecule has 3 aromatic rings. The smallest absolute Gasteiger partial charge is 0.239 e. The molecule has 0 aliphatic rings. The van der Waals surface area contributed by atoms with Gasteiger partial charge in [-0.05, 0) is 36.1 Å². The molecule has 0 saturated heterocycles. The summed E-state index contributed by atoms with van der Waals surface area (Å²) < 4.78 is 1.71. The number of nitrogens with one attached hydrogen (secondary N) is 1. The van der Waals surface area contributed by atoms with E-state index < -0.39 is 0 Å². The molecule has 4 heteroatoms. The van der Waals surface area contributed by atoms with Crippen molar-refractivity contribution in [1.82, 2.24) is 9.88 Å². The molecular formula is C23H24N2O2. The summed E-state index contributed by atoms with van der Waals surface area (Å²) in [5.41, 5.74) is 3.30. The zero-order chi connectivity index (χ0) is 19.2. The van der Waals surface area contributed by atoms with Crippen LogP contribution in [0.15, 0.2) is 72.9 Å². The summed E-state index contributed by atoms with van der Waals surface area (Å²) in [7, 11) is 0. The van der Waals surface area contributed by atoms with Crippen LogP contribution in [0.4, 0.5) is 0 Å². The first-order chi connectivity index (χ1) is 13.1. The standard InChI is InChI=1S/C23H24N2O2/c1-17-9-6-7-12-20(17)23(27)21-13-8-14-25(21)16-22(26)24-15-18(2)19-10-4-3-5-11-19/h3-14,18H,15-16H2,1-2H3,(H,24,26)/t18-/m0/s1. The van der Waals surface area contributed by atoms with E-state index in [9.17, 15) is 9.59 Å². The van der Waals surface area contributed by atoms with Gasteiger partial charge in [0.2, 0.25) is 11.7 Å². The van der Waals surface area contributed by atoms with Crippen LogP contribution in [0.1, 0.15) is 40.0 Å². The molecule has 0 unspecified atom stereocenters. The third kappa shape index (κ3) is 4.53. The Bertz CT molecular complexity index is 928. The van der Waals surface area contributed by atoms with Gasteiger partial charge >= 0.3 is 0 Å². The Labute approximate surface area is 159 Å². The molecule has 1 amide bonds. The van der Waals surface area contributed by atoms with Gasteiger partial charge in [0.15, 0.2) is 0 Å². The zero-order valence-corrected chi connectivity index (χ0v) is 15.7. The first-order valence-electron chi connectivity index (χ1n) is 9.13. The van der Waals surface area contributed by atoms with Crippen LogP contribution in [0.3, 0.4) is 0 Å². The Balaban J connectivity index is 1.63. The van der Waals surface area contributed by atoms with Gasteiger partial charge in [-0.2, -0.15) is 0 Å². The van der Waals surface area contributed by atoms with Gasteiger partial charge in [0.05, 0.1) is 5.69 Å². The molecule has 0 fully saturated rings. The Kier molecular flexibility index (Phi) is 5.87. The van der Waals surface area contributed by atoms with E-state index in [1.807, 2.05) is 49.4 Å². The molecule has 1 heterocycles. The Hall–Kier alpha value is -3.14. The number of benzene rings is 2. The normalized spacial score (nSPS) is 11.8. The third-order valence-corrected chi connectivity index (χ3v) is 4.74. The van der Waals surface area contributed by atoms with Crippen LogP contribution in [0.5, 0.6) is 0 Å². The lowest BCUT2D eigenvalue weighted by atomic mass is 10.0. The van der Waals surface area contributed by atoms with Crippen LogP contribution in [-0.2, 0) is 11.3 Å². The van der Waals surface area contributed by atoms with E-state index >= 15 is 0 Å². The summed E-state index contributed by atoms with van der Waals surface area (Å²) in [5.74, 6) is 0.0595. The van der Waals surface area contributed by atoms with Gasteiger partial charge in [0.25, 0.3) is 0 Å². The van der Waals surface area contributed by atoms with Crippen LogP contribution in [0.25, 0.3) is 0 Å². The van der Waals surface area contributed by atoms with Gasteiger partial charge in [0.1, 0.15) is 6.54 Å². The molecule has 138 valence electrons. The quantitative estimate of drug-likeness (QED) is 0.649. The molecule has 0 saturated carbocycles. The molecule has 27 heavy (non-hydrogen) atoms. The van der Waals surface area contributed by atoms with E-state index in [1.54, 1.807) is 22.9 Å². The zero-order valence-electron chi connectivity index (χ0n) is 15.7. The van der Waals surface area contributed by atoms with Crippen LogP contribution in [0.2, 0.25) is 0 Å².